The molecule has 1 rings (SSSR count). The Kier molecular flexibility index (Phi) is 4.67. The summed E-state index contributed by atoms with van der Waals surface area (Å²) in [6.45, 7) is 3.28. The van der Waals surface area contributed by atoms with Gasteiger partial charge in [-0.25, -0.2) is 0 Å². The SMILES string of the molecule is CC1CCCCC(CCN)CC1. The van der Waals surface area contributed by atoms with Gasteiger partial charge in [0.25, 0.3) is 0 Å². The summed E-state index contributed by atoms with van der Waals surface area (Å²) in [4.78, 5) is 0. The van der Waals surface area contributed by atoms with Crippen molar-refractivity contribution in [2.24, 2.45) is 17.6 Å². The molecule has 1 saturated carbocycles. The van der Waals surface area contributed by atoms with Gasteiger partial charge in [-0.1, -0.05) is 45.4 Å². The first-order valence-electron chi connectivity index (χ1n) is 5.53. The molecule has 2 atom stereocenters. The van der Waals surface area contributed by atoms with Crippen LogP contribution >= 0.6 is 0 Å². The van der Waals surface area contributed by atoms with Gasteiger partial charge < -0.3 is 5.73 Å². The van der Waals surface area contributed by atoms with Crippen molar-refractivity contribution in [3.63, 3.8) is 0 Å². The molecule has 0 amide bonds. The van der Waals surface area contributed by atoms with E-state index >= 15 is 0 Å². The first kappa shape index (κ1) is 10.0. The van der Waals surface area contributed by atoms with Crippen LogP contribution < -0.4 is 5.73 Å². The highest BCUT2D eigenvalue weighted by Crippen LogP contribution is 2.27. The van der Waals surface area contributed by atoms with Gasteiger partial charge in [-0.05, 0) is 24.8 Å². The Balaban J connectivity index is 2.24. The predicted molar refractivity (Wildman–Crippen MR) is 54.0 cm³/mol. The first-order valence-corrected chi connectivity index (χ1v) is 5.53. The molecule has 2 unspecified atom stereocenters. The fraction of sp³-hybridized carbons (Fsp3) is 1.00. The van der Waals surface area contributed by atoms with Crippen molar-refractivity contribution in [2.75, 3.05) is 6.54 Å². The smallest absolute Gasteiger partial charge is 0.00746 e. The fourth-order valence-corrected chi connectivity index (χ4v) is 2.26. The molecule has 0 aromatic rings. The van der Waals surface area contributed by atoms with Gasteiger partial charge in [0, 0.05) is 0 Å². The van der Waals surface area contributed by atoms with Gasteiger partial charge in [-0.2, -0.15) is 0 Å². The Morgan fingerprint density at radius 2 is 1.83 bits per heavy atom. The van der Waals surface area contributed by atoms with Crippen molar-refractivity contribution in [3.8, 4) is 0 Å². The molecule has 12 heavy (non-hydrogen) atoms. The monoisotopic (exact) mass is 169 g/mol. The van der Waals surface area contributed by atoms with Crippen LogP contribution in [0.1, 0.15) is 51.9 Å². The summed E-state index contributed by atoms with van der Waals surface area (Å²) in [5.74, 6) is 1.91. The van der Waals surface area contributed by atoms with Gasteiger partial charge >= 0.3 is 0 Å². The van der Waals surface area contributed by atoms with E-state index < -0.39 is 0 Å². The summed E-state index contributed by atoms with van der Waals surface area (Å²) in [6.07, 6.45) is 9.90. The van der Waals surface area contributed by atoms with Gasteiger partial charge in [0.2, 0.25) is 0 Å². The molecule has 0 heterocycles. The second-order valence-electron chi connectivity index (χ2n) is 4.41. The molecule has 1 nitrogen and oxygen atoms in total. The maximum Gasteiger partial charge on any atom is -0.00746 e. The Bertz CT molecular complexity index is 112. The summed E-state index contributed by atoms with van der Waals surface area (Å²) in [5, 5.41) is 0. The minimum atomic E-state index is 0.888. The lowest BCUT2D eigenvalue weighted by Crippen LogP contribution is -2.12. The minimum absolute atomic E-state index is 0.888. The molecular weight excluding hydrogens is 146 g/mol. The summed E-state index contributed by atoms with van der Waals surface area (Å²) in [6, 6.07) is 0. The maximum atomic E-state index is 5.58. The molecule has 0 bridgehead atoms. The van der Waals surface area contributed by atoms with Crippen molar-refractivity contribution in [3.05, 3.63) is 0 Å². The second-order valence-corrected chi connectivity index (χ2v) is 4.41. The fourth-order valence-electron chi connectivity index (χ4n) is 2.26. The van der Waals surface area contributed by atoms with Crippen LogP contribution in [-0.2, 0) is 0 Å². The Labute approximate surface area is 76.7 Å². The van der Waals surface area contributed by atoms with Crippen LogP contribution in [0, 0.1) is 11.8 Å². The maximum absolute atomic E-state index is 5.58. The Hall–Kier alpha value is -0.0400. The topological polar surface area (TPSA) is 26.0 Å². The van der Waals surface area contributed by atoms with Crippen LogP contribution in [0.4, 0.5) is 0 Å². The summed E-state index contributed by atoms with van der Waals surface area (Å²) < 4.78 is 0. The molecule has 2 N–H and O–H groups in total. The number of hydrogen-bond acceptors (Lipinski definition) is 1. The first-order chi connectivity index (χ1) is 5.83. The van der Waals surface area contributed by atoms with E-state index in [-0.39, 0.29) is 0 Å². The van der Waals surface area contributed by atoms with Crippen LogP contribution in [0.15, 0.2) is 0 Å². The molecule has 0 saturated heterocycles. The zero-order chi connectivity index (χ0) is 8.81. The zero-order valence-corrected chi connectivity index (χ0v) is 8.39. The third-order valence-corrected chi connectivity index (χ3v) is 3.20. The molecule has 1 aliphatic carbocycles. The van der Waals surface area contributed by atoms with Gasteiger partial charge in [0.1, 0.15) is 0 Å². The zero-order valence-electron chi connectivity index (χ0n) is 8.39. The molecule has 1 fully saturated rings. The van der Waals surface area contributed by atoms with Crippen LogP contribution in [0.2, 0.25) is 0 Å². The predicted octanol–water partition coefficient (Wildman–Crippen LogP) is 2.94. The summed E-state index contributed by atoms with van der Waals surface area (Å²) in [5.41, 5.74) is 5.58. The van der Waals surface area contributed by atoms with Crippen molar-refractivity contribution >= 4 is 0 Å². The van der Waals surface area contributed by atoms with Gasteiger partial charge in [0.15, 0.2) is 0 Å². The minimum Gasteiger partial charge on any atom is -0.330 e. The van der Waals surface area contributed by atoms with E-state index in [1.807, 2.05) is 0 Å². The standard InChI is InChI=1S/C11H23N/c1-10-4-2-3-5-11(7-6-10)8-9-12/h10-11H,2-9,12H2,1H3. The third kappa shape index (κ3) is 3.57. The lowest BCUT2D eigenvalue weighted by Gasteiger charge is -2.22. The van der Waals surface area contributed by atoms with Gasteiger partial charge in [0.05, 0.1) is 0 Å². The quantitative estimate of drug-likeness (QED) is 0.675. The largest absolute Gasteiger partial charge is 0.330 e. The Morgan fingerprint density at radius 3 is 2.58 bits per heavy atom. The van der Waals surface area contributed by atoms with Crippen LogP contribution in [0.25, 0.3) is 0 Å². The number of hydrogen-bond donors (Lipinski definition) is 1. The van der Waals surface area contributed by atoms with E-state index in [4.69, 9.17) is 5.73 Å². The normalized spacial score (nSPS) is 32.5. The lowest BCUT2D eigenvalue weighted by molar-refractivity contribution is 0.316. The van der Waals surface area contributed by atoms with E-state index in [1.165, 1.54) is 44.9 Å². The van der Waals surface area contributed by atoms with Crippen molar-refractivity contribution in [1.29, 1.82) is 0 Å². The molecule has 0 spiro atoms. The van der Waals surface area contributed by atoms with Crippen LogP contribution in [-0.4, -0.2) is 6.54 Å². The van der Waals surface area contributed by atoms with Crippen molar-refractivity contribution < 1.29 is 0 Å². The molecule has 0 aromatic carbocycles. The van der Waals surface area contributed by atoms with Crippen molar-refractivity contribution in [1.82, 2.24) is 0 Å². The van der Waals surface area contributed by atoms with E-state index in [0.717, 1.165) is 18.4 Å². The lowest BCUT2D eigenvalue weighted by atomic mass is 9.85. The highest BCUT2D eigenvalue weighted by Gasteiger charge is 2.13. The molecule has 0 aromatic heterocycles. The average Bonchev–Trinajstić information content (AvgIpc) is 2.04. The summed E-state index contributed by atoms with van der Waals surface area (Å²) >= 11 is 0. The molecule has 0 radical (unpaired) electrons. The second kappa shape index (κ2) is 5.58. The molecular formula is C11H23N. The van der Waals surface area contributed by atoms with E-state index in [2.05, 4.69) is 6.92 Å². The number of nitrogens with two attached hydrogens (primary N) is 1. The van der Waals surface area contributed by atoms with Crippen molar-refractivity contribution in [2.45, 2.75) is 51.9 Å². The van der Waals surface area contributed by atoms with Gasteiger partial charge in [-0.3, -0.25) is 0 Å². The number of rotatable bonds is 2. The highest BCUT2D eigenvalue weighted by molar-refractivity contribution is 4.67. The molecule has 1 aliphatic rings. The van der Waals surface area contributed by atoms with Crippen LogP contribution in [0.5, 0.6) is 0 Å². The van der Waals surface area contributed by atoms with E-state index in [1.54, 1.807) is 0 Å². The molecule has 0 aliphatic heterocycles. The van der Waals surface area contributed by atoms with Gasteiger partial charge in [-0.15, -0.1) is 0 Å². The Morgan fingerprint density at radius 1 is 1.08 bits per heavy atom. The average molecular weight is 169 g/mol. The highest BCUT2D eigenvalue weighted by atomic mass is 14.5. The summed E-state index contributed by atoms with van der Waals surface area (Å²) in [7, 11) is 0. The molecule has 1 heteroatoms. The van der Waals surface area contributed by atoms with E-state index in [9.17, 15) is 0 Å². The third-order valence-electron chi connectivity index (χ3n) is 3.20. The van der Waals surface area contributed by atoms with Crippen LogP contribution in [0.3, 0.4) is 0 Å². The molecule has 72 valence electrons. The van der Waals surface area contributed by atoms with E-state index in [0.29, 0.717) is 0 Å².